The largest absolute Gasteiger partial charge is 0.343 e. The summed E-state index contributed by atoms with van der Waals surface area (Å²) in [6, 6.07) is 15.3. The third-order valence-electron chi connectivity index (χ3n) is 3.63. The number of fused-ring (bicyclic) bond motifs is 1. The Morgan fingerprint density at radius 3 is 2.75 bits per heavy atom. The third-order valence-corrected chi connectivity index (χ3v) is 4.32. The fourth-order valence-corrected chi connectivity index (χ4v) is 3.00. The summed E-state index contributed by atoms with van der Waals surface area (Å²) in [5.41, 5.74) is 5.16. The highest BCUT2D eigenvalue weighted by atomic mass is 79.9. The maximum Gasteiger partial charge on any atom is 0.272 e. The first kappa shape index (κ1) is 16.2. The molecular formula is C19H16BrN3O. The molecule has 0 radical (unpaired) electrons. The van der Waals surface area contributed by atoms with Gasteiger partial charge in [-0.3, -0.25) is 4.79 Å². The van der Waals surface area contributed by atoms with Gasteiger partial charge in [-0.15, -0.1) is 6.58 Å². The van der Waals surface area contributed by atoms with Gasteiger partial charge in [-0.25, -0.2) is 5.43 Å². The van der Waals surface area contributed by atoms with Crippen LogP contribution in [-0.4, -0.2) is 16.7 Å². The number of aromatic nitrogens is 1. The van der Waals surface area contributed by atoms with Crippen molar-refractivity contribution in [1.82, 2.24) is 9.99 Å². The van der Waals surface area contributed by atoms with E-state index in [1.165, 1.54) is 0 Å². The van der Waals surface area contributed by atoms with Gasteiger partial charge in [-0.05, 0) is 34.1 Å². The van der Waals surface area contributed by atoms with Crippen LogP contribution in [0.25, 0.3) is 10.9 Å². The van der Waals surface area contributed by atoms with Gasteiger partial charge in [0.25, 0.3) is 5.91 Å². The zero-order valence-electron chi connectivity index (χ0n) is 12.9. The fourth-order valence-electron chi connectivity index (χ4n) is 2.53. The zero-order chi connectivity index (χ0) is 16.9. The topological polar surface area (TPSA) is 46.4 Å². The van der Waals surface area contributed by atoms with Crippen LogP contribution >= 0.6 is 15.9 Å². The van der Waals surface area contributed by atoms with E-state index in [0.29, 0.717) is 5.56 Å². The predicted octanol–water partition coefficient (Wildman–Crippen LogP) is 4.35. The highest BCUT2D eigenvalue weighted by Crippen LogP contribution is 2.20. The molecule has 1 heterocycles. The maximum atomic E-state index is 12.2. The molecule has 3 aromatic rings. The van der Waals surface area contributed by atoms with Crippen molar-refractivity contribution in [3.8, 4) is 0 Å². The Morgan fingerprint density at radius 1 is 1.21 bits per heavy atom. The molecule has 0 aliphatic rings. The highest BCUT2D eigenvalue weighted by molar-refractivity contribution is 9.10. The molecule has 1 amide bonds. The van der Waals surface area contributed by atoms with Crippen molar-refractivity contribution in [2.75, 3.05) is 0 Å². The monoisotopic (exact) mass is 381 g/mol. The van der Waals surface area contributed by atoms with Crippen molar-refractivity contribution in [3.63, 3.8) is 0 Å². The van der Waals surface area contributed by atoms with Crippen LogP contribution in [0.1, 0.15) is 15.9 Å². The number of hydrogen-bond donors (Lipinski definition) is 1. The van der Waals surface area contributed by atoms with E-state index in [1.807, 2.05) is 48.7 Å². The molecule has 0 bridgehead atoms. The van der Waals surface area contributed by atoms with E-state index in [4.69, 9.17) is 0 Å². The summed E-state index contributed by atoms with van der Waals surface area (Å²) in [7, 11) is 0. The zero-order valence-corrected chi connectivity index (χ0v) is 14.5. The number of allylic oxidation sites excluding steroid dienone is 1. The van der Waals surface area contributed by atoms with Gasteiger partial charge in [-0.1, -0.05) is 36.4 Å². The summed E-state index contributed by atoms with van der Waals surface area (Å²) >= 11 is 3.36. The Labute approximate surface area is 148 Å². The second kappa shape index (κ2) is 7.27. The summed E-state index contributed by atoms with van der Waals surface area (Å²) < 4.78 is 2.83. The molecule has 0 fully saturated rings. The number of carbonyl (C=O) groups is 1. The van der Waals surface area contributed by atoms with Gasteiger partial charge in [-0.2, -0.15) is 5.10 Å². The van der Waals surface area contributed by atoms with E-state index >= 15 is 0 Å². The van der Waals surface area contributed by atoms with Crippen molar-refractivity contribution in [3.05, 3.63) is 83.0 Å². The lowest BCUT2D eigenvalue weighted by Gasteiger charge is -2.01. The Balaban J connectivity index is 1.82. The van der Waals surface area contributed by atoms with E-state index < -0.39 is 0 Å². The minimum atomic E-state index is -0.256. The van der Waals surface area contributed by atoms with E-state index in [0.717, 1.165) is 27.5 Å². The number of rotatable bonds is 5. The number of para-hydroxylation sites is 1. The molecule has 1 N–H and O–H groups in total. The number of halogens is 1. The number of carbonyl (C=O) groups excluding carboxylic acids is 1. The number of benzene rings is 2. The molecule has 0 aliphatic carbocycles. The number of amides is 1. The quantitative estimate of drug-likeness (QED) is 0.398. The molecule has 0 saturated carbocycles. The lowest BCUT2D eigenvalue weighted by molar-refractivity contribution is 0.0954. The first-order valence-corrected chi connectivity index (χ1v) is 8.26. The van der Waals surface area contributed by atoms with Gasteiger partial charge >= 0.3 is 0 Å². The molecule has 4 nitrogen and oxygen atoms in total. The second-order valence-electron chi connectivity index (χ2n) is 5.22. The lowest BCUT2D eigenvalue weighted by atomic mass is 10.2. The standard InChI is InChI=1S/C19H16BrN3O/c1-2-11-23-13-14(15-7-4-6-10-18(15)23)12-21-22-19(24)16-8-3-5-9-17(16)20/h2-10,12-13H,1,11H2,(H,22,24)/b21-12-. The SMILES string of the molecule is C=CCn1cc(/C=N\NC(=O)c2ccccc2Br)c2ccccc21. The van der Waals surface area contributed by atoms with Gasteiger partial charge in [0.1, 0.15) is 0 Å². The molecule has 24 heavy (non-hydrogen) atoms. The normalized spacial score (nSPS) is 11.0. The van der Waals surface area contributed by atoms with Crippen molar-refractivity contribution in [2.45, 2.75) is 6.54 Å². The number of hydrazone groups is 1. The molecule has 0 unspecified atom stereocenters. The summed E-state index contributed by atoms with van der Waals surface area (Å²) in [6.07, 6.45) is 5.51. The van der Waals surface area contributed by atoms with Crippen molar-refractivity contribution in [2.24, 2.45) is 5.10 Å². The van der Waals surface area contributed by atoms with Crippen LogP contribution in [0.4, 0.5) is 0 Å². The predicted molar refractivity (Wildman–Crippen MR) is 101 cm³/mol. The average Bonchev–Trinajstić information content (AvgIpc) is 2.94. The Hall–Kier alpha value is -2.66. The molecule has 1 aromatic heterocycles. The minimum Gasteiger partial charge on any atom is -0.343 e. The number of hydrogen-bond acceptors (Lipinski definition) is 2. The van der Waals surface area contributed by atoms with Crippen molar-refractivity contribution in [1.29, 1.82) is 0 Å². The molecule has 3 rings (SSSR count). The highest BCUT2D eigenvalue weighted by Gasteiger charge is 2.08. The fraction of sp³-hybridized carbons (Fsp3) is 0.0526. The van der Waals surface area contributed by atoms with Gasteiger partial charge in [0.2, 0.25) is 0 Å². The molecule has 0 aliphatic heterocycles. The smallest absolute Gasteiger partial charge is 0.272 e. The van der Waals surface area contributed by atoms with Crippen LogP contribution in [0.5, 0.6) is 0 Å². The van der Waals surface area contributed by atoms with Gasteiger partial charge in [0.05, 0.1) is 11.8 Å². The molecule has 5 heteroatoms. The van der Waals surface area contributed by atoms with Gasteiger partial charge in [0, 0.05) is 33.7 Å². The van der Waals surface area contributed by atoms with E-state index in [2.05, 4.69) is 43.7 Å². The molecule has 0 atom stereocenters. The molecule has 120 valence electrons. The molecule has 0 spiro atoms. The minimum absolute atomic E-state index is 0.256. The average molecular weight is 382 g/mol. The summed E-state index contributed by atoms with van der Waals surface area (Å²) in [5, 5.41) is 5.18. The third kappa shape index (κ3) is 3.31. The first-order chi connectivity index (χ1) is 11.7. The van der Waals surface area contributed by atoms with E-state index in [9.17, 15) is 4.79 Å². The van der Waals surface area contributed by atoms with Crippen LogP contribution in [0, 0.1) is 0 Å². The Bertz CT molecular complexity index is 927. The van der Waals surface area contributed by atoms with Crippen molar-refractivity contribution < 1.29 is 4.79 Å². The number of nitrogens with zero attached hydrogens (tertiary/aromatic N) is 2. The van der Waals surface area contributed by atoms with Crippen molar-refractivity contribution >= 4 is 39.0 Å². The molecule has 0 saturated heterocycles. The maximum absolute atomic E-state index is 12.2. The van der Waals surface area contributed by atoms with Gasteiger partial charge in [0.15, 0.2) is 0 Å². The second-order valence-corrected chi connectivity index (χ2v) is 6.08. The summed E-state index contributed by atoms with van der Waals surface area (Å²) in [4.78, 5) is 12.2. The lowest BCUT2D eigenvalue weighted by Crippen LogP contribution is -2.18. The molecule has 2 aromatic carbocycles. The van der Waals surface area contributed by atoms with Crippen LogP contribution in [0.2, 0.25) is 0 Å². The van der Waals surface area contributed by atoms with Crippen LogP contribution < -0.4 is 5.43 Å². The Kier molecular flexibility index (Phi) is 4.91. The molecular weight excluding hydrogens is 366 g/mol. The first-order valence-electron chi connectivity index (χ1n) is 7.47. The van der Waals surface area contributed by atoms with E-state index in [-0.39, 0.29) is 5.91 Å². The number of nitrogens with one attached hydrogen (secondary N) is 1. The Morgan fingerprint density at radius 2 is 1.96 bits per heavy atom. The van der Waals surface area contributed by atoms with Gasteiger partial charge < -0.3 is 4.57 Å². The summed E-state index contributed by atoms with van der Waals surface area (Å²) in [6.45, 7) is 4.50. The van der Waals surface area contributed by atoms with Crippen LogP contribution in [0.15, 0.2) is 77.0 Å². The summed E-state index contributed by atoms with van der Waals surface area (Å²) in [5.74, 6) is -0.256. The van der Waals surface area contributed by atoms with Crippen LogP contribution in [0.3, 0.4) is 0 Å². The van der Waals surface area contributed by atoms with E-state index in [1.54, 1.807) is 12.3 Å². The van der Waals surface area contributed by atoms with Crippen LogP contribution in [-0.2, 0) is 6.54 Å².